The first-order valence-corrected chi connectivity index (χ1v) is 7.77. The van der Waals surface area contributed by atoms with Gasteiger partial charge in [0, 0.05) is 0 Å². The normalized spacial score (nSPS) is 33.0. The number of hydrogen-bond donors (Lipinski definition) is 7. The zero-order valence-electron chi connectivity index (χ0n) is 13.9. The summed E-state index contributed by atoms with van der Waals surface area (Å²) in [6, 6.07) is -3.07. The minimum Gasteiger partial charge on any atom is -0.394 e. The Hall–Kier alpha value is -1.30. The van der Waals surface area contributed by atoms with Crippen LogP contribution in [0.4, 0.5) is 0 Å². The van der Waals surface area contributed by atoms with Gasteiger partial charge in [0.1, 0.15) is 30.4 Å². The van der Waals surface area contributed by atoms with Gasteiger partial charge in [0.2, 0.25) is 11.8 Å². The Morgan fingerprint density at radius 2 is 1.71 bits per heavy atom. The number of aliphatic hydroxyl groups is 4. The van der Waals surface area contributed by atoms with Crippen molar-refractivity contribution in [3.63, 3.8) is 0 Å². The van der Waals surface area contributed by atoms with Crippen molar-refractivity contribution >= 4 is 11.8 Å². The van der Waals surface area contributed by atoms with E-state index in [9.17, 15) is 24.9 Å². The third-order valence-electron chi connectivity index (χ3n) is 3.87. The summed E-state index contributed by atoms with van der Waals surface area (Å²) in [7, 11) is 0. The van der Waals surface area contributed by atoms with Gasteiger partial charge < -0.3 is 41.5 Å². The van der Waals surface area contributed by atoms with Crippen LogP contribution in [-0.4, -0.2) is 81.6 Å². The molecule has 1 aliphatic rings. The molecule has 1 aliphatic heterocycles. The molecule has 0 radical (unpaired) electrons. The second-order valence-corrected chi connectivity index (χ2v) is 6.28. The maximum atomic E-state index is 12.4. The van der Waals surface area contributed by atoms with Crippen molar-refractivity contribution in [2.24, 2.45) is 11.7 Å². The molecule has 7 atom stereocenters. The molecule has 8 N–H and O–H groups in total. The Morgan fingerprint density at radius 3 is 2.17 bits per heavy atom. The van der Waals surface area contributed by atoms with Crippen LogP contribution in [0.25, 0.3) is 0 Å². The van der Waals surface area contributed by atoms with E-state index in [1.807, 2.05) is 0 Å². The van der Waals surface area contributed by atoms with Crippen LogP contribution in [0.2, 0.25) is 0 Å². The van der Waals surface area contributed by atoms with Crippen molar-refractivity contribution in [3.8, 4) is 0 Å². The molecule has 10 heteroatoms. The standard InChI is InChI=1S/C14H27N3O7/c1-5(2)8(16-12(21)6(3)15)13(22)17-9-11(20)10(19)7(4-18)24-14(9)23/h5-11,14,18-20,23H,4,15H2,1-3H3,(H,16,21)(H,17,22)/t6-,7+,8+,9+,10-,11+,14+/m1/s1. The van der Waals surface area contributed by atoms with Crippen LogP contribution < -0.4 is 16.4 Å². The van der Waals surface area contributed by atoms with E-state index in [-0.39, 0.29) is 5.92 Å². The second-order valence-electron chi connectivity index (χ2n) is 6.28. The first-order chi connectivity index (χ1) is 11.1. The van der Waals surface area contributed by atoms with E-state index in [0.717, 1.165) is 0 Å². The molecule has 0 aromatic carbocycles. The molecule has 140 valence electrons. The van der Waals surface area contributed by atoms with Crippen LogP contribution in [0.1, 0.15) is 20.8 Å². The lowest BCUT2D eigenvalue weighted by molar-refractivity contribution is -0.254. The highest BCUT2D eigenvalue weighted by Gasteiger charge is 2.45. The van der Waals surface area contributed by atoms with Gasteiger partial charge in [0.25, 0.3) is 0 Å². The van der Waals surface area contributed by atoms with E-state index < -0.39 is 61.1 Å². The molecule has 2 amide bonds. The van der Waals surface area contributed by atoms with Crippen LogP contribution in [0.3, 0.4) is 0 Å². The summed E-state index contributed by atoms with van der Waals surface area (Å²) in [5, 5.41) is 43.6. The predicted octanol–water partition coefficient (Wildman–Crippen LogP) is -3.61. The largest absolute Gasteiger partial charge is 0.394 e. The lowest BCUT2D eigenvalue weighted by Gasteiger charge is -2.40. The molecule has 0 unspecified atom stereocenters. The molecule has 0 saturated carbocycles. The number of ether oxygens (including phenoxy) is 1. The Morgan fingerprint density at radius 1 is 1.12 bits per heavy atom. The second kappa shape index (κ2) is 8.70. The van der Waals surface area contributed by atoms with Crippen molar-refractivity contribution in [2.45, 2.75) is 63.5 Å². The monoisotopic (exact) mass is 349 g/mol. The maximum absolute atomic E-state index is 12.4. The fourth-order valence-corrected chi connectivity index (χ4v) is 2.33. The molecule has 1 fully saturated rings. The highest BCUT2D eigenvalue weighted by Crippen LogP contribution is 2.20. The number of carbonyl (C=O) groups excluding carboxylic acids is 2. The first-order valence-electron chi connectivity index (χ1n) is 7.77. The van der Waals surface area contributed by atoms with Gasteiger partial charge in [-0.2, -0.15) is 0 Å². The summed E-state index contributed by atoms with van der Waals surface area (Å²) < 4.78 is 4.96. The summed E-state index contributed by atoms with van der Waals surface area (Å²) in [6.07, 6.45) is -5.82. The van der Waals surface area contributed by atoms with Crippen LogP contribution >= 0.6 is 0 Å². The van der Waals surface area contributed by atoms with Crippen LogP contribution in [0, 0.1) is 5.92 Å². The summed E-state index contributed by atoms with van der Waals surface area (Å²) >= 11 is 0. The number of amides is 2. The lowest BCUT2D eigenvalue weighted by Crippen LogP contribution is -2.66. The van der Waals surface area contributed by atoms with Gasteiger partial charge in [-0.25, -0.2) is 0 Å². The number of nitrogens with two attached hydrogens (primary N) is 1. The molecule has 0 aromatic heterocycles. The molecular formula is C14H27N3O7. The minimum atomic E-state index is -1.62. The zero-order valence-corrected chi connectivity index (χ0v) is 13.9. The van der Waals surface area contributed by atoms with Gasteiger partial charge in [0.15, 0.2) is 6.29 Å². The third-order valence-corrected chi connectivity index (χ3v) is 3.87. The third kappa shape index (κ3) is 4.85. The van der Waals surface area contributed by atoms with E-state index in [2.05, 4.69) is 10.6 Å². The van der Waals surface area contributed by atoms with Crippen LogP contribution in [0.5, 0.6) is 0 Å². The number of nitrogens with one attached hydrogen (secondary N) is 2. The van der Waals surface area contributed by atoms with Crippen molar-refractivity contribution in [3.05, 3.63) is 0 Å². The van der Waals surface area contributed by atoms with Gasteiger partial charge in [-0.3, -0.25) is 9.59 Å². The molecule has 1 rings (SSSR count). The Labute approximate surface area is 140 Å². The fraction of sp³-hybridized carbons (Fsp3) is 0.857. The smallest absolute Gasteiger partial charge is 0.243 e. The average molecular weight is 349 g/mol. The maximum Gasteiger partial charge on any atom is 0.243 e. The zero-order chi connectivity index (χ0) is 18.6. The van der Waals surface area contributed by atoms with Gasteiger partial charge in [0.05, 0.1) is 12.6 Å². The van der Waals surface area contributed by atoms with E-state index in [0.29, 0.717) is 0 Å². The molecule has 10 nitrogen and oxygen atoms in total. The first kappa shape index (κ1) is 20.7. The van der Waals surface area contributed by atoms with Crippen molar-refractivity contribution in [2.75, 3.05) is 6.61 Å². The topological polar surface area (TPSA) is 174 Å². The number of carbonyl (C=O) groups is 2. The van der Waals surface area contributed by atoms with E-state index >= 15 is 0 Å². The van der Waals surface area contributed by atoms with Crippen LogP contribution in [0.15, 0.2) is 0 Å². The fourth-order valence-electron chi connectivity index (χ4n) is 2.33. The van der Waals surface area contributed by atoms with E-state index in [1.165, 1.54) is 6.92 Å². The Kier molecular flexibility index (Phi) is 7.52. The quantitative estimate of drug-likeness (QED) is 0.257. The average Bonchev–Trinajstić information content (AvgIpc) is 2.51. The number of rotatable bonds is 6. The molecule has 0 aromatic rings. The highest BCUT2D eigenvalue weighted by molar-refractivity contribution is 5.89. The van der Waals surface area contributed by atoms with Crippen LogP contribution in [-0.2, 0) is 14.3 Å². The number of hydrogen-bond acceptors (Lipinski definition) is 8. The molecule has 1 saturated heterocycles. The molecule has 0 bridgehead atoms. The van der Waals surface area contributed by atoms with E-state index in [4.69, 9.17) is 15.6 Å². The molecular weight excluding hydrogens is 322 g/mol. The summed E-state index contributed by atoms with van der Waals surface area (Å²) in [4.78, 5) is 24.1. The molecule has 24 heavy (non-hydrogen) atoms. The Bertz CT molecular complexity index is 446. The van der Waals surface area contributed by atoms with E-state index in [1.54, 1.807) is 13.8 Å². The molecule has 1 heterocycles. The van der Waals surface area contributed by atoms with Gasteiger partial charge in [-0.1, -0.05) is 13.8 Å². The van der Waals surface area contributed by atoms with Crippen molar-refractivity contribution in [1.82, 2.24) is 10.6 Å². The number of aliphatic hydroxyl groups excluding tert-OH is 4. The summed E-state index contributed by atoms with van der Waals surface area (Å²) in [6.45, 7) is 4.27. The summed E-state index contributed by atoms with van der Waals surface area (Å²) in [5.74, 6) is -1.48. The lowest BCUT2D eigenvalue weighted by atomic mass is 9.95. The molecule has 0 spiro atoms. The van der Waals surface area contributed by atoms with Gasteiger partial charge in [-0.15, -0.1) is 0 Å². The van der Waals surface area contributed by atoms with Crippen molar-refractivity contribution < 1.29 is 34.8 Å². The SMILES string of the molecule is CC(C)[C@H](NC(=O)[C@@H](C)N)C(=O)N[C@H]1[C@H](O)[C@H](O)[C@H](CO)O[C@@H]1O. The molecule has 0 aliphatic carbocycles. The van der Waals surface area contributed by atoms with Gasteiger partial charge >= 0.3 is 0 Å². The highest BCUT2D eigenvalue weighted by atomic mass is 16.6. The predicted molar refractivity (Wildman–Crippen MR) is 82.3 cm³/mol. The van der Waals surface area contributed by atoms with Gasteiger partial charge in [-0.05, 0) is 12.8 Å². The minimum absolute atomic E-state index is 0.290. The summed E-state index contributed by atoms with van der Waals surface area (Å²) in [5.41, 5.74) is 5.46. The Balaban J connectivity index is 2.81. The van der Waals surface area contributed by atoms with Crippen molar-refractivity contribution in [1.29, 1.82) is 0 Å².